The molecule has 2 aromatic rings. The summed E-state index contributed by atoms with van der Waals surface area (Å²) in [6.45, 7) is 1.67. The number of nitrogens with one attached hydrogen (secondary N) is 1. The van der Waals surface area contributed by atoms with Crippen LogP contribution >= 0.6 is 0 Å². The lowest BCUT2D eigenvalue weighted by Gasteiger charge is -2.09. The lowest BCUT2D eigenvalue weighted by molar-refractivity contribution is 0.0988. The van der Waals surface area contributed by atoms with Crippen molar-refractivity contribution >= 4 is 10.9 Å². The summed E-state index contributed by atoms with van der Waals surface area (Å²) in [4.78, 5) is 4.57. The number of hydrogen-bond donors (Lipinski definition) is 1. The molecule has 3 nitrogen and oxygen atoms in total. The molecule has 1 atom stereocenters. The van der Waals surface area contributed by atoms with E-state index in [-0.39, 0.29) is 6.23 Å². The van der Waals surface area contributed by atoms with Crippen LogP contribution in [0.15, 0.2) is 36.4 Å². The van der Waals surface area contributed by atoms with Crippen molar-refractivity contribution in [2.45, 2.75) is 6.23 Å². The monoisotopic (exact) mass is 200 g/mol. The molecule has 1 N–H and O–H groups in total. The highest BCUT2D eigenvalue weighted by Gasteiger charge is 2.17. The number of ether oxygens (including phenoxy) is 1. The molecule has 1 aliphatic rings. The maximum Gasteiger partial charge on any atom is 0.151 e. The van der Waals surface area contributed by atoms with E-state index >= 15 is 0 Å². The summed E-state index contributed by atoms with van der Waals surface area (Å²) in [5, 5.41) is 4.42. The molecule has 0 bridgehead atoms. The minimum Gasteiger partial charge on any atom is -0.356 e. The van der Waals surface area contributed by atoms with Gasteiger partial charge in [0.1, 0.15) is 0 Å². The third-order valence-corrected chi connectivity index (χ3v) is 2.60. The lowest BCUT2D eigenvalue weighted by atomic mass is 10.2. The number of aromatic nitrogens is 1. The number of para-hydroxylation sites is 1. The Morgan fingerprint density at radius 3 is 3.00 bits per heavy atom. The number of rotatable bonds is 1. The highest BCUT2D eigenvalue weighted by Crippen LogP contribution is 2.19. The summed E-state index contributed by atoms with van der Waals surface area (Å²) in [5.74, 6) is 0. The topological polar surface area (TPSA) is 34.2 Å². The fourth-order valence-electron chi connectivity index (χ4n) is 1.84. The molecule has 3 rings (SSSR count). The fourth-order valence-corrected chi connectivity index (χ4v) is 1.84. The molecule has 2 heterocycles. The van der Waals surface area contributed by atoms with Gasteiger partial charge in [0.2, 0.25) is 0 Å². The molecule has 1 aromatic heterocycles. The van der Waals surface area contributed by atoms with Crippen LogP contribution in [-0.4, -0.2) is 18.1 Å². The van der Waals surface area contributed by atoms with Crippen molar-refractivity contribution in [1.29, 1.82) is 0 Å². The molecule has 0 radical (unpaired) electrons. The molecule has 15 heavy (non-hydrogen) atoms. The van der Waals surface area contributed by atoms with Gasteiger partial charge in [0.15, 0.2) is 6.23 Å². The summed E-state index contributed by atoms with van der Waals surface area (Å²) in [6.07, 6.45) is -0.0328. The minimum atomic E-state index is -0.0328. The van der Waals surface area contributed by atoms with Gasteiger partial charge >= 0.3 is 0 Å². The zero-order valence-electron chi connectivity index (χ0n) is 8.31. The van der Waals surface area contributed by atoms with E-state index in [0.29, 0.717) is 0 Å². The smallest absolute Gasteiger partial charge is 0.151 e. The first-order valence-electron chi connectivity index (χ1n) is 5.14. The number of pyridine rings is 1. The third kappa shape index (κ3) is 1.60. The van der Waals surface area contributed by atoms with Crippen LogP contribution in [0.4, 0.5) is 0 Å². The molecule has 1 saturated heterocycles. The summed E-state index contributed by atoms with van der Waals surface area (Å²) in [7, 11) is 0. The van der Waals surface area contributed by atoms with Crippen molar-refractivity contribution in [3.05, 3.63) is 42.1 Å². The number of benzene rings is 1. The van der Waals surface area contributed by atoms with Gasteiger partial charge in [-0.2, -0.15) is 0 Å². The van der Waals surface area contributed by atoms with Crippen molar-refractivity contribution in [3.63, 3.8) is 0 Å². The molecular weight excluding hydrogens is 188 g/mol. The van der Waals surface area contributed by atoms with Crippen LogP contribution in [0.2, 0.25) is 0 Å². The average molecular weight is 200 g/mol. The molecule has 3 heteroatoms. The summed E-state index contributed by atoms with van der Waals surface area (Å²) >= 11 is 0. The van der Waals surface area contributed by atoms with Crippen molar-refractivity contribution in [2.75, 3.05) is 13.2 Å². The summed E-state index contributed by atoms with van der Waals surface area (Å²) in [6, 6.07) is 12.2. The second-order valence-electron chi connectivity index (χ2n) is 3.63. The highest BCUT2D eigenvalue weighted by atomic mass is 16.5. The van der Waals surface area contributed by atoms with Gasteiger partial charge in [-0.1, -0.05) is 24.3 Å². The van der Waals surface area contributed by atoms with Gasteiger partial charge in [0, 0.05) is 11.9 Å². The SMILES string of the molecule is c1ccc2nc(C3NCCO3)ccc2c1. The molecular formula is C12H12N2O. The van der Waals surface area contributed by atoms with Gasteiger partial charge in [-0.25, -0.2) is 4.98 Å². The van der Waals surface area contributed by atoms with Gasteiger partial charge in [0.25, 0.3) is 0 Å². The van der Waals surface area contributed by atoms with E-state index < -0.39 is 0 Å². The van der Waals surface area contributed by atoms with Crippen LogP contribution in [0.3, 0.4) is 0 Å². The van der Waals surface area contributed by atoms with E-state index in [2.05, 4.69) is 22.4 Å². The van der Waals surface area contributed by atoms with Gasteiger partial charge in [-0.15, -0.1) is 0 Å². The first-order chi connectivity index (χ1) is 7.43. The average Bonchev–Trinajstić information content (AvgIpc) is 2.82. The van der Waals surface area contributed by atoms with Gasteiger partial charge in [-0.3, -0.25) is 5.32 Å². The van der Waals surface area contributed by atoms with Crippen LogP contribution in [0.25, 0.3) is 10.9 Å². The van der Waals surface area contributed by atoms with Crippen molar-refractivity contribution < 1.29 is 4.74 Å². The standard InChI is InChI=1S/C12H12N2O/c1-2-4-10-9(3-1)5-6-11(14-10)12-13-7-8-15-12/h1-6,12-13H,7-8H2. The van der Waals surface area contributed by atoms with Crippen LogP contribution in [0.5, 0.6) is 0 Å². The Labute approximate surface area is 88.1 Å². The number of hydrogen-bond acceptors (Lipinski definition) is 3. The van der Waals surface area contributed by atoms with Crippen LogP contribution in [-0.2, 0) is 4.74 Å². The minimum absolute atomic E-state index is 0.0328. The molecule has 76 valence electrons. The molecule has 1 unspecified atom stereocenters. The van der Waals surface area contributed by atoms with E-state index in [1.807, 2.05) is 24.3 Å². The summed E-state index contributed by atoms with van der Waals surface area (Å²) in [5.41, 5.74) is 1.98. The second kappa shape index (κ2) is 3.61. The Morgan fingerprint density at radius 2 is 2.13 bits per heavy atom. The van der Waals surface area contributed by atoms with E-state index in [1.54, 1.807) is 0 Å². The van der Waals surface area contributed by atoms with Gasteiger partial charge in [0.05, 0.1) is 17.8 Å². The largest absolute Gasteiger partial charge is 0.356 e. The van der Waals surface area contributed by atoms with Crippen molar-refractivity contribution in [3.8, 4) is 0 Å². The molecule has 1 fully saturated rings. The molecule has 0 spiro atoms. The Bertz CT molecular complexity index is 478. The Kier molecular flexibility index (Phi) is 2.12. The Balaban J connectivity index is 2.05. The van der Waals surface area contributed by atoms with E-state index in [0.717, 1.165) is 24.4 Å². The molecule has 1 aliphatic heterocycles. The molecule has 0 amide bonds. The normalized spacial score (nSPS) is 20.9. The van der Waals surface area contributed by atoms with Gasteiger partial charge in [-0.05, 0) is 12.1 Å². The maximum absolute atomic E-state index is 5.51. The third-order valence-electron chi connectivity index (χ3n) is 2.60. The zero-order valence-corrected chi connectivity index (χ0v) is 8.31. The van der Waals surface area contributed by atoms with Crippen molar-refractivity contribution in [1.82, 2.24) is 10.3 Å². The maximum atomic E-state index is 5.51. The van der Waals surface area contributed by atoms with Gasteiger partial charge < -0.3 is 4.74 Å². The number of nitrogens with zero attached hydrogens (tertiary/aromatic N) is 1. The quantitative estimate of drug-likeness (QED) is 0.762. The predicted octanol–water partition coefficient (Wildman–Crippen LogP) is 1.85. The Hall–Kier alpha value is -1.45. The van der Waals surface area contributed by atoms with E-state index in [9.17, 15) is 0 Å². The zero-order chi connectivity index (χ0) is 10.1. The first-order valence-corrected chi connectivity index (χ1v) is 5.14. The fraction of sp³-hybridized carbons (Fsp3) is 0.250. The second-order valence-corrected chi connectivity index (χ2v) is 3.63. The highest BCUT2D eigenvalue weighted by molar-refractivity contribution is 5.78. The van der Waals surface area contributed by atoms with Crippen LogP contribution in [0.1, 0.15) is 11.9 Å². The predicted molar refractivity (Wildman–Crippen MR) is 58.4 cm³/mol. The molecule has 0 saturated carbocycles. The first kappa shape index (κ1) is 8.83. The van der Waals surface area contributed by atoms with E-state index in [1.165, 1.54) is 5.39 Å². The van der Waals surface area contributed by atoms with E-state index in [4.69, 9.17) is 4.74 Å². The Morgan fingerprint density at radius 1 is 1.20 bits per heavy atom. The molecule has 0 aliphatic carbocycles. The molecule has 1 aromatic carbocycles. The van der Waals surface area contributed by atoms with Crippen LogP contribution < -0.4 is 5.32 Å². The van der Waals surface area contributed by atoms with Crippen LogP contribution in [0, 0.1) is 0 Å². The summed E-state index contributed by atoms with van der Waals surface area (Å²) < 4.78 is 5.51. The number of fused-ring (bicyclic) bond motifs is 1. The lowest BCUT2D eigenvalue weighted by Crippen LogP contribution is -2.15. The van der Waals surface area contributed by atoms with Crippen molar-refractivity contribution in [2.24, 2.45) is 0 Å².